The molecule has 0 atom stereocenters. The highest BCUT2D eigenvalue weighted by Crippen LogP contribution is 2.39. The molecule has 0 saturated carbocycles. The van der Waals surface area contributed by atoms with Gasteiger partial charge in [-0.05, 0) is 74.6 Å². The third-order valence-corrected chi connectivity index (χ3v) is 7.73. The Morgan fingerprint density at radius 1 is 0.543 bits per heavy atom. The van der Waals surface area contributed by atoms with E-state index in [2.05, 4.69) is 64.1 Å². The zero-order chi connectivity index (χ0) is 23.9. The van der Waals surface area contributed by atoms with E-state index in [0.717, 1.165) is 60.5 Å². The Kier molecular flexibility index (Phi) is 4.16. The third kappa shape index (κ3) is 3.02. The van der Waals surface area contributed by atoms with Crippen molar-refractivity contribution < 1.29 is 18.1 Å². The fraction of sp³-hybridized carbons (Fsp3) is 0.200. The van der Waals surface area contributed by atoms with Crippen LogP contribution in [-0.4, -0.2) is 18.3 Å². The van der Waals surface area contributed by atoms with E-state index in [-0.39, 0.29) is 0 Å². The van der Waals surface area contributed by atoms with Crippen LogP contribution in [0.25, 0.3) is 55.0 Å². The standard InChI is InChI=1S/C30H25BO4/c1-29(2)30(3,4)35-31(34-29)23-16-19(17-27-28(23)21-10-6-8-12-25(21)33-27)18-13-14-26-22(15-18)20-9-5-7-11-24(20)32-26/h5-17H,1-4H3. The average molecular weight is 460 g/mol. The number of para-hydroxylation sites is 2. The molecule has 0 bridgehead atoms. The van der Waals surface area contributed by atoms with Crippen LogP contribution in [-0.2, 0) is 9.31 Å². The molecule has 5 heteroatoms. The number of rotatable bonds is 2. The summed E-state index contributed by atoms with van der Waals surface area (Å²) >= 11 is 0. The van der Waals surface area contributed by atoms with Crippen molar-refractivity contribution >= 4 is 56.5 Å². The lowest BCUT2D eigenvalue weighted by atomic mass is 9.75. The lowest BCUT2D eigenvalue weighted by Gasteiger charge is -2.32. The van der Waals surface area contributed by atoms with Crippen molar-refractivity contribution in [3.8, 4) is 11.1 Å². The molecule has 7 rings (SSSR count). The van der Waals surface area contributed by atoms with E-state index in [4.69, 9.17) is 18.1 Å². The zero-order valence-corrected chi connectivity index (χ0v) is 20.2. The smallest absolute Gasteiger partial charge is 0.456 e. The molecule has 0 unspecified atom stereocenters. The number of fused-ring (bicyclic) bond motifs is 6. The van der Waals surface area contributed by atoms with Crippen LogP contribution in [0, 0.1) is 0 Å². The Morgan fingerprint density at radius 3 is 1.89 bits per heavy atom. The zero-order valence-electron chi connectivity index (χ0n) is 20.2. The van der Waals surface area contributed by atoms with Crippen LogP contribution in [0.4, 0.5) is 0 Å². The van der Waals surface area contributed by atoms with E-state index < -0.39 is 18.3 Å². The number of furan rings is 2. The molecule has 0 N–H and O–H groups in total. The summed E-state index contributed by atoms with van der Waals surface area (Å²) < 4.78 is 25.4. The maximum absolute atomic E-state index is 6.50. The van der Waals surface area contributed by atoms with Gasteiger partial charge >= 0.3 is 7.12 Å². The molecule has 4 aromatic carbocycles. The Balaban J connectivity index is 1.48. The highest BCUT2D eigenvalue weighted by atomic mass is 16.7. The van der Waals surface area contributed by atoms with Gasteiger partial charge in [-0.25, -0.2) is 0 Å². The van der Waals surface area contributed by atoms with Crippen molar-refractivity contribution in [2.45, 2.75) is 38.9 Å². The summed E-state index contributed by atoms with van der Waals surface area (Å²) in [6, 6.07) is 26.9. The molecule has 0 amide bonds. The third-order valence-electron chi connectivity index (χ3n) is 7.73. The van der Waals surface area contributed by atoms with Crippen LogP contribution < -0.4 is 5.46 Å². The molecule has 1 saturated heterocycles. The second kappa shape index (κ2) is 7.00. The van der Waals surface area contributed by atoms with Gasteiger partial charge in [0.2, 0.25) is 0 Å². The molecule has 6 aromatic rings. The van der Waals surface area contributed by atoms with Crippen molar-refractivity contribution in [3.05, 3.63) is 78.9 Å². The number of hydrogen-bond acceptors (Lipinski definition) is 4. The minimum absolute atomic E-state index is 0.436. The summed E-state index contributed by atoms with van der Waals surface area (Å²) in [4.78, 5) is 0. The number of benzene rings is 4. The minimum atomic E-state index is -0.498. The van der Waals surface area contributed by atoms with Crippen LogP contribution >= 0.6 is 0 Å². The first-order chi connectivity index (χ1) is 16.8. The SMILES string of the molecule is CC1(C)OB(c2cc(-c3ccc4oc5ccccc5c4c3)cc3oc4ccccc4c23)OC1(C)C. The average Bonchev–Trinajstić information content (AvgIpc) is 3.46. The van der Waals surface area contributed by atoms with Gasteiger partial charge < -0.3 is 18.1 Å². The van der Waals surface area contributed by atoms with Crippen LogP contribution in [0.1, 0.15) is 27.7 Å². The van der Waals surface area contributed by atoms with Gasteiger partial charge in [0, 0.05) is 21.5 Å². The molecular weight excluding hydrogens is 435 g/mol. The van der Waals surface area contributed by atoms with E-state index in [1.165, 1.54) is 0 Å². The van der Waals surface area contributed by atoms with Crippen LogP contribution in [0.15, 0.2) is 87.7 Å². The molecular formula is C30H25BO4. The van der Waals surface area contributed by atoms with E-state index >= 15 is 0 Å². The quantitative estimate of drug-likeness (QED) is 0.252. The largest absolute Gasteiger partial charge is 0.495 e. The van der Waals surface area contributed by atoms with Gasteiger partial charge in [-0.15, -0.1) is 0 Å². The summed E-state index contributed by atoms with van der Waals surface area (Å²) in [5.41, 5.74) is 5.70. The normalized spacial score (nSPS) is 17.3. The van der Waals surface area contributed by atoms with Gasteiger partial charge in [-0.1, -0.05) is 48.5 Å². The Bertz CT molecular complexity index is 1760. The van der Waals surface area contributed by atoms with Gasteiger partial charge in [0.25, 0.3) is 0 Å². The molecule has 0 spiro atoms. The molecule has 172 valence electrons. The Morgan fingerprint density at radius 2 is 1.14 bits per heavy atom. The maximum Gasteiger partial charge on any atom is 0.495 e. The molecule has 2 aromatic heterocycles. The number of hydrogen-bond donors (Lipinski definition) is 0. The van der Waals surface area contributed by atoms with Gasteiger partial charge in [-0.3, -0.25) is 0 Å². The predicted octanol–water partition coefficient (Wildman–Crippen LogP) is 7.45. The summed E-state index contributed by atoms with van der Waals surface area (Å²) in [6.07, 6.45) is 0. The summed E-state index contributed by atoms with van der Waals surface area (Å²) in [6.45, 7) is 8.33. The van der Waals surface area contributed by atoms with E-state index in [0.29, 0.717) is 0 Å². The fourth-order valence-corrected chi connectivity index (χ4v) is 5.11. The fourth-order valence-electron chi connectivity index (χ4n) is 5.11. The lowest BCUT2D eigenvalue weighted by Crippen LogP contribution is -2.41. The van der Waals surface area contributed by atoms with Crippen molar-refractivity contribution in [2.24, 2.45) is 0 Å². The van der Waals surface area contributed by atoms with Gasteiger partial charge in [-0.2, -0.15) is 0 Å². The molecule has 1 aliphatic rings. The van der Waals surface area contributed by atoms with Gasteiger partial charge in [0.05, 0.1) is 11.2 Å². The Hall–Kier alpha value is -3.54. The second-order valence-corrected chi connectivity index (χ2v) is 10.4. The minimum Gasteiger partial charge on any atom is -0.456 e. The van der Waals surface area contributed by atoms with E-state index in [1.54, 1.807) is 0 Å². The molecule has 0 radical (unpaired) electrons. The second-order valence-electron chi connectivity index (χ2n) is 10.4. The Labute approximate surface area is 203 Å². The lowest BCUT2D eigenvalue weighted by molar-refractivity contribution is 0.00578. The molecule has 1 aliphatic heterocycles. The summed E-state index contributed by atoms with van der Waals surface area (Å²) in [5, 5.41) is 4.31. The highest BCUT2D eigenvalue weighted by molar-refractivity contribution is 6.66. The van der Waals surface area contributed by atoms with Crippen molar-refractivity contribution in [1.82, 2.24) is 0 Å². The van der Waals surface area contributed by atoms with Crippen LogP contribution in [0.3, 0.4) is 0 Å². The molecule has 35 heavy (non-hydrogen) atoms. The van der Waals surface area contributed by atoms with E-state index in [1.807, 2.05) is 42.5 Å². The van der Waals surface area contributed by atoms with Gasteiger partial charge in [0.15, 0.2) is 0 Å². The van der Waals surface area contributed by atoms with Crippen molar-refractivity contribution in [2.75, 3.05) is 0 Å². The summed E-state index contributed by atoms with van der Waals surface area (Å²) in [5.74, 6) is 0. The monoisotopic (exact) mass is 460 g/mol. The van der Waals surface area contributed by atoms with Gasteiger partial charge in [0.1, 0.15) is 22.3 Å². The first-order valence-electron chi connectivity index (χ1n) is 12.0. The molecule has 3 heterocycles. The first-order valence-corrected chi connectivity index (χ1v) is 12.0. The van der Waals surface area contributed by atoms with Crippen molar-refractivity contribution in [3.63, 3.8) is 0 Å². The van der Waals surface area contributed by atoms with Crippen LogP contribution in [0.5, 0.6) is 0 Å². The van der Waals surface area contributed by atoms with Crippen LogP contribution in [0.2, 0.25) is 0 Å². The van der Waals surface area contributed by atoms with E-state index in [9.17, 15) is 0 Å². The topological polar surface area (TPSA) is 44.7 Å². The molecule has 1 fully saturated rings. The molecule has 0 aliphatic carbocycles. The maximum atomic E-state index is 6.50. The highest BCUT2D eigenvalue weighted by Gasteiger charge is 2.52. The molecule has 4 nitrogen and oxygen atoms in total. The van der Waals surface area contributed by atoms with Crippen molar-refractivity contribution in [1.29, 1.82) is 0 Å². The predicted molar refractivity (Wildman–Crippen MR) is 142 cm³/mol. The summed E-state index contributed by atoms with van der Waals surface area (Å²) in [7, 11) is -0.498. The first kappa shape index (κ1) is 20.8.